The molecule has 0 radical (unpaired) electrons. The van der Waals surface area contributed by atoms with Crippen LogP contribution in [0, 0.1) is 11.6 Å². The van der Waals surface area contributed by atoms with Gasteiger partial charge in [0.05, 0.1) is 0 Å². The third-order valence-electron chi connectivity index (χ3n) is 6.07. The number of aliphatic hydroxyl groups excluding tert-OH is 1. The Kier molecular flexibility index (Phi) is 12.3. The van der Waals surface area contributed by atoms with Gasteiger partial charge in [0.25, 0.3) is 0 Å². The van der Waals surface area contributed by atoms with Crippen molar-refractivity contribution in [2.75, 3.05) is 7.11 Å². The lowest BCUT2D eigenvalue weighted by Crippen LogP contribution is -2.22. The molecule has 1 atom stereocenters. The Morgan fingerprint density at radius 1 is 0.889 bits per heavy atom. The number of halogens is 2. The van der Waals surface area contributed by atoms with Gasteiger partial charge in [0, 0.05) is 60.2 Å². The lowest BCUT2D eigenvalue weighted by Gasteiger charge is -2.09. The van der Waals surface area contributed by atoms with E-state index in [1.165, 1.54) is 18.2 Å². The minimum absolute atomic E-state index is 0.164. The summed E-state index contributed by atoms with van der Waals surface area (Å²) < 4.78 is 26.3. The fraction of sp³-hybridized carbons (Fsp3) is 0.414. The topological polar surface area (TPSA) is 94.9 Å². The molecule has 0 aliphatic carbocycles. The van der Waals surface area contributed by atoms with Crippen LogP contribution in [0.25, 0.3) is 21.8 Å². The molecule has 5 nitrogen and oxygen atoms in total. The number of rotatable bonds is 10. The third kappa shape index (κ3) is 8.57. The van der Waals surface area contributed by atoms with Gasteiger partial charge in [0.15, 0.2) is 0 Å². The molecule has 2 aromatic heterocycles. The highest BCUT2D eigenvalue weighted by Crippen LogP contribution is 2.22. The first kappa shape index (κ1) is 29.2. The SMILES string of the molecule is CCCCC(=O)Cc1c[nH]c2ccc(F)cc12.CCCCC(N)Cc1c[nH]c2ccc(F)cc12.CO. The fourth-order valence-electron chi connectivity index (χ4n) is 4.14. The van der Waals surface area contributed by atoms with E-state index in [-0.39, 0.29) is 23.5 Å². The van der Waals surface area contributed by atoms with Gasteiger partial charge in [-0.2, -0.15) is 0 Å². The number of unbranched alkanes of at least 4 members (excludes halogenated alkanes) is 2. The molecule has 0 saturated carbocycles. The van der Waals surface area contributed by atoms with Gasteiger partial charge >= 0.3 is 0 Å². The highest BCUT2D eigenvalue weighted by Gasteiger charge is 2.10. The van der Waals surface area contributed by atoms with Crippen molar-refractivity contribution in [2.24, 2.45) is 5.73 Å². The number of benzene rings is 2. The van der Waals surface area contributed by atoms with E-state index in [1.54, 1.807) is 24.4 Å². The molecule has 4 rings (SSSR count). The summed E-state index contributed by atoms with van der Waals surface area (Å²) >= 11 is 0. The van der Waals surface area contributed by atoms with E-state index in [9.17, 15) is 13.6 Å². The molecular formula is C29H39F2N3O2. The van der Waals surface area contributed by atoms with Gasteiger partial charge in [-0.3, -0.25) is 4.79 Å². The molecule has 0 fully saturated rings. The van der Waals surface area contributed by atoms with Crippen LogP contribution in [0.3, 0.4) is 0 Å². The maximum absolute atomic E-state index is 13.2. The molecule has 2 aromatic carbocycles. The van der Waals surface area contributed by atoms with E-state index < -0.39 is 0 Å². The number of nitrogens with two attached hydrogens (primary N) is 1. The molecule has 2 heterocycles. The highest BCUT2D eigenvalue weighted by molar-refractivity contribution is 5.89. The summed E-state index contributed by atoms with van der Waals surface area (Å²) in [5.74, 6) is -0.239. The number of ketones is 1. The monoisotopic (exact) mass is 499 g/mol. The van der Waals surface area contributed by atoms with Gasteiger partial charge in [-0.1, -0.05) is 33.1 Å². The van der Waals surface area contributed by atoms with E-state index in [0.717, 1.165) is 78.6 Å². The van der Waals surface area contributed by atoms with Crippen molar-refractivity contribution in [3.05, 3.63) is 71.6 Å². The maximum Gasteiger partial charge on any atom is 0.137 e. The number of hydrogen-bond acceptors (Lipinski definition) is 3. The van der Waals surface area contributed by atoms with Crippen molar-refractivity contribution >= 4 is 27.6 Å². The predicted octanol–water partition coefficient (Wildman–Crippen LogP) is 6.58. The van der Waals surface area contributed by atoms with Crippen LogP contribution in [0.15, 0.2) is 48.8 Å². The Bertz CT molecular complexity index is 1220. The zero-order valence-electron chi connectivity index (χ0n) is 21.5. The molecule has 0 bridgehead atoms. The number of aromatic amines is 2. The normalized spacial score (nSPS) is 11.5. The number of hydrogen-bond donors (Lipinski definition) is 4. The van der Waals surface area contributed by atoms with Crippen LogP contribution >= 0.6 is 0 Å². The van der Waals surface area contributed by atoms with Crippen molar-refractivity contribution in [3.8, 4) is 0 Å². The number of aromatic nitrogens is 2. The molecule has 7 heteroatoms. The van der Waals surface area contributed by atoms with Gasteiger partial charge < -0.3 is 20.8 Å². The number of H-pyrrole nitrogens is 2. The number of nitrogens with one attached hydrogen (secondary N) is 2. The van der Waals surface area contributed by atoms with Crippen LogP contribution in [-0.2, 0) is 17.6 Å². The van der Waals surface area contributed by atoms with E-state index in [0.29, 0.717) is 12.8 Å². The molecule has 0 amide bonds. The Balaban J connectivity index is 0.000000237. The summed E-state index contributed by atoms with van der Waals surface area (Å²) in [6.07, 6.45) is 10.8. The number of Topliss-reactive ketones (excluding diaryl/α,β-unsaturated/α-hetero) is 1. The van der Waals surface area contributed by atoms with Crippen LogP contribution < -0.4 is 5.73 Å². The molecule has 0 aliphatic heterocycles. The number of carbonyl (C=O) groups excluding carboxylic acids is 1. The van der Waals surface area contributed by atoms with Crippen molar-refractivity contribution in [3.63, 3.8) is 0 Å². The van der Waals surface area contributed by atoms with E-state index in [2.05, 4.69) is 23.8 Å². The van der Waals surface area contributed by atoms with Crippen molar-refractivity contribution in [1.29, 1.82) is 0 Å². The Morgan fingerprint density at radius 2 is 1.42 bits per heavy atom. The standard InChI is InChI=1S/C14H19FN2.C14H16FNO.CH4O/c1-2-3-4-12(16)7-10-9-17-14-6-5-11(15)8-13(10)14;1-2-3-4-12(17)7-10-9-16-14-6-5-11(15)8-13(10)14;1-2/h5-6,8-9,12,17H,2-4,7,16H2,1H3;5-6,8-9,16H,2-4,7H2,1H3;2H,1H3. The van der Waals surface area contributed by atoms with Gasteiger partial charge in [0.2, 0.25) is 0 Å². The first-order valence-electron chi connectivity index (χ1n) is 12.6. The number of carbonyl (C=O) groups is 1. The van der Waals surface area contributed by atoms with Gasteiger partial charge in [-0.25, -0.2) is 8.78 Å². The zero-order chi connectivity index (χ0) is 26.5. The summed E-state index contributed by atoms with van der Waals surface area (Å²) in [5, 5.41) is 8.77. The van der Waals surface area contributed by atoms with Crippen LogP contribution in [0.5, 0.6) is 0 Å². The lowest BCUT2D eigenvalue weighted by molar-refractivity contribution is -0.118. The Labute approximate surface area is 212 Å². The molecule has 0 saturated heterocycles. The number of fused-ring (bicyclic) bond motifs is 2. The summed E-state index contributed by atoms with van der Waals surface area (Å²) in [5.41, 5.74) is 9.93. The average molecular weight is 500 g/mol. The average Bonchev–Trinajstić information content (AvgIpc) is 3.46. The molecule has 5 N–H and O–H groups in total. The minimum Gasteiger partial charge on any atom is -0.400 e. The smallest absolute Gasteiger partial charge is 0.137 e. The van der Waals surface area contributed by atoms with E-state index >= 15 is 0 Å². The first-order valence-corrected chi connectivity index (χ1v) is 12.6. The summed E-state index contributed by atoms with van der Waals surface area (Å²) in [6.45, 7) is 4.22. The molecular weight excluding hydrogens is 460 g/mol. The maximum atomic E-state index is 13.2. The highest BCUT2D eigenvalue weighted by atomic mass is 19.1. The number of aliphatic hydroxyl groups is 1. The quantitative estimate of drug-likeness (QED) is 0.198. The lowest BCUT2D eigenvalue weighted by atomic mass is 10.0. The van der Waals surface area contributed by atoms with Gasteiger partial charge in [0.1, 0.15) is 17.4 Å². The van der Waals surface area contributed by atoms with Gasteiger partial charge in [-0.15, -0.1) is 0 Å². The third-order valence-corrected chi connectivity index (χ3v) is 6.07. The Morgan fingerprint density at radius 3 is 1.97 bits per heavy atom. The zero-order valence-corrected chi connectivity index (χ0v) is 21.5. The van der Waals surface area contributed by atoms with Crippen molar-refractivity contribution in [1.82, 2.24) is 9.97 Å². The van der Waals surface area contributed by atoms with Crippen LogP contribution in [-0.4, -0.2) is 34.0 Å². The molecule has 36 heavy (non-hydrogen) atoms. The van der Waals surface area contributed by atoms with Crippen LogP contribution in [0.4, 0.5) is 8.78 Å². The second-order valence-corrected chi connectivity index (χ2v) is 8.93. The summed E-state index contributed by atoms with van der Waals surface area (Å²) in [6, 6.07) is 9.58. The Hall–Kier alpha value is -3.03. The van der Waals surface area contributed by atoms with E-state index in [4.69, 9.17) is 10.8 Å². The van der Waals surface area contributed by atoms with Crippen LogP contribution in [0.2, 0.25) is 0 Å². The molecule has 4 aromatic rings. The second-order valence-electron chi connectivity index (χ2n) is 8.93. The van der Waals surface area contributed by atoms with Gasteiger partial charge in [-0.05, 0) is 66.8 Å². The van der Waals surface area contributed by atoms with E-state index in [1.807, 2.05) is 6.20 Å². The first-order chi connectivity index (χ1) is 17.4. The van der Waals surface area contributed by atoms with Crippen LogP contribution in [0.1, 0.15) is 63.5 Å². The fourth-order valence-corrected chi connectivity index (χ4v) is 4.14. The molecule has 1 unspecified atom stereocenters. The largest absolute Gasteiger partial charge is 0.400 e. The minimum atomic E-state index is -0.264. The second kappa shape index (κ2) is 15.2. The predicted molar refractivity (Wildman–Crippen MR) is 144 cm³/mol. The summed E-state index contributed by atoms with van der Waals surface area (Å²) in [4.78, 5) is 17.9. The molecule has 0 aliphatic rings. The molecule has 0 spiro atoms. The van der Waals surface area contributed by atoms with Crippen molar-refractivity contribution < 1.29 is 18.7 Å². The summed E-state index contributed by atoms with van der Waals surface area (Å²) in [7, 11) is 1.00. The molecule has 196 valence electrons. The van der Waals surface area contributed by atoms with Crippen molar-refractivity contribution in [2.45, 2.75) is 71.3 Å².